The maximum absolute atomic E-state index is 12.0. The predicted octanol–water partition coefficient (Wildman–Crippen LogP) is 0.935. The molecule has 2 amide bonds. The summed E-state index contributed by atoms with van der Waals surface area (Å²) >= 11 is 0. The van der Waals surface area contributed by atoms with Crippen molar-refractivity contribution >= 4 is 24.2 Å². The third-order valence-corrected chi connectivity index (χ3v) is 2.58. The summed E-state index contributed by atoms with van der Waals surface area (Å²) in [4.78, 5) is 23.5. The Bertz CT molecular complexity index is 461. The second kappa shape index (κ2) is 7.11. The van der Waals surface area contributed by atoms with E-state index in [2.05, 4.69) is 10.6 Å². The fraction of sp³-hybridized carbons (Fsp3) is 0.385. The minimum Gasteiger partial charge on any atom is -0.355 e. The van der Waals surface area contributed by atoms with Gasteiger partial charge in [0.15, 0.2) is 0 Å². The molecule has 0 fully saturated rings. The third kappa shape index (κ3) is 4.89. The Morgan fingerprint density at radius 2 is 1.74 bits per heavy atom. The van der Waals surface area contributed by atoms with Crippen molar-refractivity contribution < 1.29 is 9.59 Å². The molecule has 1 aromatic rings. The average Bonchev–Trinajstić information content (AvgIpc) is 2.37. The normalized spacial score (nSPS) is 10.3. The summed E-state index contributed by atoms with van der Waals surface area (Å²) in [7, 11) is 1.55. The molecule has 4 N–H and O–H groups in total. The van der Waals surface area contributed by atoms with E-state index in [4.69, 9.17) is 5.73 Å². The van der Waals surface area contributed by atoms with Crippen molar-refractivity contribution in [3.05, 3.63) is 35.4 Å². The van der Waals surface area contributed by atoms with E-state index >= 15 is 0 Å². The summed E-state index contributed by atoms with van der Waals surface area (Å²) in [6.45, 7) is 4.02. The smallest absolute Gasteiger partial charge is 0.251 e. The summed E-state index contributed by atoms with van der Waals surface area (Å²) in [5, 5.41) is 5.33. The van der Waals surface area contributed by atoms with E-state index < -0.39 is 5.54 Å². The van der Waals surface area contributed by atoms with Crippen molar-refractivity contribution in [1.82, 2.24) is 10.6 Å². The number of rotatable bonds is 4. The molecule has 0 bridgehead atoms. The second-order valence-corrected chi connectivity index (χ2v) is 4.70. The molecule has 0 heterocycles. The highest BCUT2D eigenvalue weighted by molar-refractivity contribution is 5.99. The van der Waals surface area contributed by atoms with Gasteiger partial charge in [0.2, 0.25) is 0 Å². The maximum atomic E-state index is 12.0. The molecule has 1 rings (SSSR count). The van der Waals surface area contributed by atoms with Crippen LogP contribution >= 0.6 is 12.4 Å². The molecule has 0 saturated heterocycles. The molecule has 0 radical (unpaired) electrons. The van der Waals surface area contributed by atoms with E-state index in [0.717, 1.165) is 0 Å². The van der Waals surface area contributed by atoms with Crippen molar-refractivity contribution in [3.8, 4) is 0 Å². The van der Waals surface area contributed by atoms with E-state index in [0.29, 0.717) is 17.7 Å². The van der Waals surface area contributed by atoms with Crippen LogP contribution in [0.2, 0.25) is 0 Å². The molecular weight excluding hydrogens is 266 g/mol. The minimum absolute atomic E-state index is 0. The van der Waals surface area contributed by atoms with Crippen LogP contribution in [0.3, 0.4) is 0 Å². The molecule has 106 valence electrons. The van der Waals surface area contributed by atoms with Crippen LogP contribution in [0.25, 0.3) is 0 Å². The van der Waals surface area contributed by atoms with Crippen molar-refractivity contribution in [2.45, 2.75) is 19.4 Å². The summed E-state index contributed by atoms with van der Waals surface area (Å²) in [6, 6.07) is 6.55. The molecule has 0 aliphatic heterocycles. The maximum Gasteiger partial charge on any atom is 0.251 e. The van der Waals surface area contributed by atoms with Crippen LogP contribution in [0.1, 0.15) is 34.6 Å². The predicted molar refractivity (Wildman–Crippen MR) is 77.7 cm³/mol. The van der Waals surface area contributed by atoms with Crippen LogP contribution in [0.5, 0.6) is 0 Å². The molecule has 0 atom stereocenters. The van der Waals surface area contributed by atoms with Crippen LogP contribution in [0.15, 0.2) is 24.3 Å². The van der Waals surface area contributed by atoms with Crippen LogP contribution in [-0.4, -0.2) is 30.9 Å². The largest absolute Gasteiger partial charge is 0.355 e. The zero-order chi connectivity index (χ0) is 13.8. The van der Waals surface area contributed by atoms with Gasteiger partial charge in [0.1, 0.15) is 0 Å². The molecule has 0 aliphatic rings. The number of hydrogen-bond acceptors (Lipinski definition) is 3. The zero-order valence-electron chi connectivity index (χ0n) is 11.3. The summed E-state index contributed by atoms with van der Waals surface area (Å²) in [6.07, 6.45) is 0. The highest BCUT2D eigenvalue weighted by Gasteiger charge is 2.19. The fourth-order valence-corrected chi connectivity index (χ4v) is 1.38. The number of amides is 2. The Kier molecular flexibility index (Phi) is 6.52. The van der Waals surface area contributed by atoms with Gasteiger partial charge >= 0.3 is 0 Å². The van der Waals surface area contributed by atoms with Crippen LogP contribution in [0.4, 0.5) is 0 Å². The summed E-state index contributed by atoms with van der Waals surface area (Å²) < 4.78 is 0. The SMILES string of the molecule is CNC(=O)c1cccc(C(=O)NC(C)(C)CN)c1.Cl. The number of nitrogens with two attached hydrogens (primary N) is 1. The lowest BCUT2D eigenvalue weighted by Gasteiger charge is -2.24. The summed E-state index contributed by atoms with van der Waals surface area (Å²) in [5.41, 5.74) is 5.98. The monoisotopic (exact) mass is 285 g/mol. The molecule has 1 aromatic carbocycles. The number of halogens is 1. The van der Waals surface area contributed by atoms with E-state index in [1.807, 2.05) is 13.8 Å². The van der Waals surface area contributed by atoms with E-state index in [-0.39, 0.29) is 24.2 Å². The Hall–Kier alpha value is -1.59. The quantitative estimate of drug-likeness (QED) is 0.770. The van der Waals surface area contributed by atoms with Crippen molar-refractivity contribution in [2.24, 2.45) is 5.73 Å². The Morgan fingerprint density at radius 3 is 2.21 bits per heavy atom. The number of nitrogens with one attached hydrogen (secondary N) is 2. The molecule has 0 spiro atoms. The Balaban J connectivity index is 0.00000324. The first-order valence-corrected chi connectivity index (χ1v) is 5.74. The second-order valence-electron chi connectivity index (χ2n) is 4.70. The van der Waals surface area contributed by atoms with Crippen molar-refractivity contribution in [1.29, 1.82) is 0 Å². The van der Waals surface area contributed by atoms with Gasteiger partial charge in [-0.05, 0) is 32.0 Å². The fourth-order valence-electron chi connectivity index (χ4n) is 1.38. The number of carbonyl (C=O) groups excluding carboxylic acids is 2. The Labute approximate surface area is 119 Å². The van der Waals surface area contributed by atoms with E-state index in [9.17, 15) is 9.59 Å². The van der Waals surface area contributed by atoms with Gasteiger partial charge in [-0.15, -0.1) is 12.4 Å². The van der Waals surface area contributed by atoms with Crippen molar-refractivity contribution in [3.63, 3.8) is 0 Å². The lowest BCUT2D eigenvalue weighted by molar-refractivity contribution is 0.0915. The van der Waals surface area contributed by atoms with Gasteiger partial charge in [0, 0.05) is 30.3 Å². The molecule has 0 unspecified atom stereocenters. The molecule has 0 aliphatic carbocycles. The number of benzene rings is 1. The number of hydrogen-bond donors (Lipinski definition) is 3. The van der Waals surface area contributed by atoms with Gasteiger partial charge in [0.25, 0.3) is 11.8 Å². The minimum atomic E-state index is -0.472. The van der Waals surface area contributed by atoms with Gasteiger partial charge < -0.3 is 16.4 Å². The first-order chi connectivity index (χ1) is 8.39. The van der Waals surface area contributed by atoms with Gasteiger partial charge in [-0.2, -0.15) is 0 Å². The standard InChI is InChI=1S/C13H19N3O2.ClH/c1-13(2,8-14)16-12(18)10-6-4-5-9(7-10)11(17)15-3;/h4-7H,8,14H2,1-3H3,(H,15,17)(H,16,18);1H. The van der Waals surface area contributed by atoms with E-state index in [1.165, 1.54) is 0 Å². The van der Waals surface area contributed by atoms with Crippen molar-refractivity contribution in [2.75, 3.05) is 13.6 Å². The lowest BCUT2D eigenvalue weighted by Crippen LogP contribution is -2.48. The molecule has 19 heavy (non-hydrogen) atoms. The zero-order valence-corrected chi connectivity index (χ0v) is 12.1. The molecule has 6 heteroatoms. The molecule has 5 nitrogen and oxygen atoms in total. The van der Waals surface area contributed by atoms with Crippen LogP contribution in [-0.2, 0) is 0 Å². The van der Waals surface area contributed by atoms with Gasteiger partial charge in [-0.25, -0.2) is 0 Å². The van der Waals surface area contributed by atoms with Crippen LogP contribution < -0.4 is 16.4 Å². The van der Waals surface area contributed by atoms with Gasteiger partial charge in [0.05, 0.1) is 0 Å². The molecule has 0 aromatic heterocycles. The highest BCUT2D eigenvalue weighted by atomic mass is 35.5. The topological polar surface area (TPSA) is 84.2 Å². The lowest BCUT2D eigenvalue weighted by atomic mass is 10.0. The van der Waals surface area contributed by atoms with E-state index in [1.54, 1.807) is 31.3 Å². The molecule has 0 saturated carbocycles. The van der Waals surface area contributed by atoms with Gasteiger partial charge in [-0.3, -0.25) is 9.59 Å². The molecular formula is C13H20ClN3O2. The van der Waals surface area contributed by atoms with Crippen LogP contribution in [0, 0.1) is 0 Å². The first kappa shape index (κ1) is 17.4. The van der Waals surface area contributed by atoms with Gasteiger partial charge in [-0.1, -0.05) is 6.07 Å². The first-order valence-electron chi connectivity index (χ1n) is 5.74. The summed E-state index contributed by atoms with van der Waals surface area (Å²) in [5.74, 6) is -0.459. The average molecular weight is 286 g/mol. The highest BCUT2D eigenvalue weighted by Crippen LogP contribution is 2.07. The Morgan fingerprint density at radius 1 is 1.21 bits per heavy atom. The third-order valence-electron chi connectivity index (χ3n) is 2.58. The number of carbonyl (C=O) groups is 2.